The van der Waals surface area contributed by atoms with Gasteiger partial charge in [-0.3, -0.25) is 9.59 Å². The van der Waals surface area contributed by atoms with Gasteiger partial charge in [0.15, 0.2) is 6.61 Å². The van der Waals surface area contributed by atoms with Crippen LogP contribution in [0.3, 0.4) is 0 Å². The highest BCUT2D eigenvalue weighted by molar-refractivity contribution is 6.05. The van der Waals surface area contributed by atoms with Gasteiger partial charge in [0, 0.05) is 17.8 Å². The van der Waals surface area contributed by atoms with Crippen LogP contribution in [0.4, 0.5) is 11.4 Å². The Labute approximate surface area is 145 Å². The van der Waals surface area contributed by atoms with Crippen LogP contribution in [0.15, 0.2) is 42.5 Å². The molecule has 1 aliphatic heterocycles. The van der Waals surface area contributed by atoms with E-state index in [1.165, 1.54) is 6.07 Å². The minimum Gasteiger partial charge on any atom is -0.482 e. The number of carbonyl (C=O) groups excluding carboxylic acids is 2. The second-order valence-electron chi connectivity index (χ2n) is 5.66. The second kappa shape index (κ2) is 7.05. The number of nitrogens with zero attached hydrogens (tertiary/aromatic N) is 2. The third kappa shape index (κ3) is 3.45. The lowest BCUT2D eigenvalue weighted by atomic mass is 10.1. The Hall–Kier alpha value is -3.33. The van der Waals surface area contributed by atoms with E-state index in [1.807, 2.05) is 13.0 Å². The van der Waals surface area contributed by atoms with Crippen molar-refractivity contribution in [3.05, 3.63) is 53.6 Å². The number of amides is 2. The lowest BCUT2D eigenvalue weighted by molar-refractivity contribution is -0.121. The summed E-state index contributed by atoms with van der Waals surface area (Å²) in [7, 11) is 0. The highest BCUT2D eigenvalue weighted by atomic mass is 16.5. The maximum absolute atomic E-state index is 12.4. The van der Waals surface area contributed by atoms with Gasteiger partial charge in [-0.1, -0.05) is 13.0 Å². The van der Waals surface area contributed by atoms with Crippen molar-refractivity contribution < 1.29 is 14.3 Å². The normalized spacial score (nSPS) is 12.8. The summed E-state index contributed by atoms with van der Waals surface area (Å²) in [4.78, 5) is 26.1. The molecule has 2 aromatic rings. The molecule has 0 unspecified atom stereocenters. The molecule has 0 saturated heterocycles. The fourth-order valence-electron chi connectivity index (χ4n) is 2.68. The zero-order chi connectivity index (χ0) is 17.8. The Balaban J connectivity index is 1.85. The van der Waals surface area contributed by atoms with Gasteiger partial charge < -0.3 is 15.0 Å². The van der Waals surface area contributed by atoms with Crippen LogP contribution in [0.25, 0.3) is 0 Å². The van der Waals surface area contributed by atoms with Crippen molar-refractivity contribution in [1.82, 2.24) is 0 Å². The number of hydrogen-bond acceptors (Lipinski definition) is 4. The molecule has 0 saturated carbocycles. The molecule has 1 N–H and O–H groups in total. The first-order valence-electron chi connectivity index (χ1n) is 8.01. The predicted molar refractivity (Wildman–Crippen MR) is 93.7 cm³/mol. The number of ether oxygens (including phenoxy) is 1. The maximum Gasteiger partial charge on any atom is 0.265 e. The van der Waals surface area contributed by atoms with Gasteiger partial charge in [-0.15, -0.1) is 0 Å². The summed E-state index contributed by atoms with van der Waals surface area (Å²) >= 11 is 0. The van der Waals surface area contributed by atoms with Crippen molar-refractivity contribution >= 4 is 23.2 Å². The molecule has 0 atom stereocenters. The summed E-state index contributed by atoms with van der Waals surface area (Å²) in [5.74, 6) is 0.208. The highest BCUT2D eigenvalue weighted by Gasteiger charge is 2.25. The molecule has 2 amide bonds. The van der Waals surface area contributed by atoms with E-state index in [9.17, 15) is 9.59 Å². The highest BCUT2D eigenvalue weighted by Crippen LogP contribution is 2.34. The van der Waals surface area contributed by atoms with Crippen molar-refractivity contribution in [3.63, 3.8) is 0 Å². The molecule has 0 fully saturated rings. The van der Waals surface area contributed by atoms with Crippen LogP contribution in [0.5, 0.6) is 5.75 Å². The van der Waals surface area contributed by atoms with Crippen LogP contribution in [0.1, 0.15) is 29.3 Å². The minimum absolute atomic E-state index is 0.0274. The first kappa shape index (κ1) is 16.5. The van der Waals surface area contributed by atoms with Gasteiger partial charge in [0.2, 0.25) is 0 Å². The fraction of sp³-hybridized carbons (Fsp3) is 0.211. The monoisotopic (exact) mass is 335 g/mol. The number of carbonyl (C=O) groups is 2. The molecule has 25 heavy (non-hydrogen) atoms. The minimum atomic E-state index is -0.317. The number of benzene rings is 2. The lowest BCUT2D eigenvalue weighted by Crippen LogP contribution is -2.39. The van der Waals surface area contributed by atoms with E-state index in [0.29, 0.717) is 34.8 Å². The van der Waals surface area contributed by atoms with Crippen LogP contribution in [0.2, 0.25) is 0 Å². The summed E-state index contributed by atoms with van der Waals surface area (Å²) in [5, 5.41) is 11.7. The maximum atomic E-state index is 12.4. The lowest BCUT2D eigenvalue weighted by Gasteiger charge is -2.29. The quantitative estimate of drug-likeness (QED) is 0.931. The van der Waals surface area contributed by atoms with Crippen molar-refractivity contribution in [3.8, 4) is 11.8 Å². The number of anilines is 2. The molecular formula is C19H17N3O3. The molecule has 1 aliphatic rings. The molecule has 6 nitrogen and oxygen atoms in total. The van der Waals surface area contributed by atoms with E-state index >= 15 is 0 Å². The Morgan fingerprint density at radius 2 is 2.16 bits per heavy atom. The average Bonchev–Trinajstić information content (AvgIpc) is 2.64. The summed E-state index contributed by atoms with van der Waals surface area (Å²) in [6.45, 7) is 2.62. The van der Waals surface area contributed by atoms with E-state index in [0.717, 1.165) is 6.42 Å². The van der Waals surface area contributed by atoms with Gasteiger partial charge in [-0.25, -0.2) is 0 Å². The molecule has 6 heteroatoms. The van der Waals surface area contributed by atoms with Gasteiger partial charge in [0.1, 0.15) is 5.75 Å². The smallest absolute Gasteiger partial charge is 0.265 e. The van der Waals surface area contributed by atoms with Crippen molar-refractivity contribution in [1.29, 1.82) is 5.26 Å². The average molecular weight is 335 g/mol. The van der Waals surface area contributed by atoms with Gasteiger partial charge in [0.05, 0.1) is 17.3 Å². The summed E-state index contributed by atoms with van der Waals surface area (Å²) in [6.07, 6.45) is 0.822. The number of nitriles is 1. The molecule has 0 bridgehead atoms. The molecule has 0 aromatic heterocycles. The van der Waals surface area contributed by atoms with E-state index in [2.05, 4.69) is 5.32 Å². The molecule has 0 radical (unpaired) electrons. The van der Waals surface area contributed by atoms with Crippen molar-refractivity contribution in [2.45, 2.75) is 13.3 Å². The van der Waals surface area contributed by atoms with Crippen LogP contribution in [0, 0.1) is 11.3 Å². The zero-order valence-electron chi connectivity index (χ0n) is 13.8. The number of fused-ring (bicyclic) bond motifs is 1. The Morgan fingerprint density at radius 3 is 2.92 bits per heavy atom. The van der Waals surface area contributed by atoms with Gasteiger partial charge >= 0.3 is 0 Å². The van der Waals surface area contributed by atoms with E-state index in [1.54, 1.807) is 41.3 Å². The van der Waals surface area contributed by atoms with Crippen LogP contribution in [-0.4, -0.2) is 25.0 Å². The van der Waals surface area contributed by atoms with E-state index in [4.69, 9.17) is 10.00 Å². The molecule has 3 rings (SSSR count). The third-order valence-electron chi connectivity index (χ3n) is 3.86. The molecule has 1 heterocycles. The third-order valence-corrected chi connectivity index (χ3v) is 3.86. The van der Waals surface area contributed by atoms with Crippen LogP contribution >= 0.6 is 0 Å². The topological polar surface area (TPSA) is 82.4 Å². The first-order valence-corrected chi connectivity index (χ1v) is 8.01. The SMILES string of the molecule is CCCN1C(=O)COc2ccc(NC(=O)c3cccc(C#N)c3)cc21. The Kier molecular flexibility index (Phi) is 4.66. The van der Waals surface area contributed by atoms with Gasteiger partial charge in [-0.2, -0.15) is 5.26 Å². The summed E-state index contributed by atoms with van der Waals surface area (Å²) < 4.78 is 5.45. The van der Waals surface area contributed by atoms with Crippen LogP contribution < -0.4 is 15.0 Å². The zero-order valence-corrected chi connectivity index (χ0v) is 13.8. The first-order chi connectivity index (χ1) is 12.1. The molecular weight excluding hydrogens is 318 g/mol. The largest absolute Gasteiger partial charge is 0.482 e. The summed E-state index contributed by atoms with van der Waals surface area (Å²) in [5.41, 5.74) is 2.04. The van der Waals surface area contributed by atoms with Crippen molar-refractivity contribution in [2.24, 2.45) is 0 Å². The van der Waals surface area contributed by atoms with Gasteiger partial charge in [-0.05, 0) is 42.8 Å². The second-order valence-corrected chi connectivity index (χ2v) is 5.66. The number of nitrogens with one attached hydrogen (secondary N) is 1. The predicted octanol–water partition coefficient (Wildman–Crippen LogP) is 2.95. The molecule has 0 aliphatic carbocycles. The van der Waals surface area contributed by atoms with Crippen molar-refractivity contribution in [2.75, 3.05) is 23.4 Å². The summed E-state index contributed by atoms with van der Waals surface area (Å²) in [6, 6.07) is 13.7. The van der Waals surface area contributed by atoms with E-state index in [-0.39, 0.29) is 18.4 Å². The number of rotatable bonds is 4. The number of hydrogen-bond donors (Lipinski definition) is 1. The molecule has 2 aromatic carbocycles. The van der Waals surface area contributed by atoms with Gasteiger partial charge in [0.25, 0.3) is 11.8 Å². The standard InChI is InChI=1S/C19H17N3O3/c1-2-8-22-16-10-15(6-7-17(16)25-12-18(22)23)21-19(24)14-5-3-4-13(9-14)11-20/h3-7,9-10H,2,8,12H2,1H3,(H,21,24). The molecule has 0 spiro atoms. The Morgan fingerprint density at radius 1 is 1.32 bits per heavy atom. The molecule has 126 valence electrons. The van der Waals surface area contributed by atoms with Crippen LogP contribution in [-0.2, 0) is 4.79 Å². The Bertz CT molecular complexity index is 870. The van der Waals surface area contributed by atoms with E-state index < -0.39 is 0 Å². The fourth-order valence-corrected chi connectivity index (χ4v) is 2.68.